The van der Waals surface area contributed by atoms with Crippen LogP contribution in [0.1, 0.15) is 23.0 Å². The number of nitrogens with zero attached hydrogens (tertiary/aromatic N) is 4. The van der Waals surface area contributed by atoms with Crippen LogP contribution in [0, 0.1) is 0 Å². The third kappa shape index (κ3) is 2.89. The lowest BCUT2D eigenvalue weighted by Gasteiger charge is -2.35. The van der Waals surface area contributed by atoms with E-state index in [0.29, 0.717) is 18.7 Å². The molecule has 0 saturated heterocycles. The van der Waals surface area contributed by atoms with E-state index in [-0.39, 0.29) is 12.1 Å². The van der Waals surface area contributed by atoms with Crippen molar-refractivity contribution in [1.29, 1.82) is 0 Å². The van der Waals surface area contributed by atoms with Crippen molar-refractivity contribution < 1.29 is 13.2 Å². The fourth-order valence-corrected chi connectivity index (χ4v) is 3.11. The number of benzene rings is 1. The Morgan fingerprint density at radius 3 is 2.55 bits per heavy atom. The zero-order valence-electron chi connectivity index (χ0n) is 11.8. The first kappa shape index (κ1) is 15.5. The Kier molecular flexibility index (Phi) is 3.98. The monoisotopic (exact) mass is 374 g/mol. The third-order valence-electron chi connectivity index (χ3n) is 3.87. The van der Waals surface area contributed by atoms with Gasteiger partial charge in [0.25, 0.3) is 0 Å². The molecule has 3 rings (SSSR count). The van der Waals surface area contributed by atoms with Crippen molar-refractivity contribution in [1.82, 2.24) is 19.9 Å². The van der Waals surface area contributed by atoms with E-state index in [0.717, 1.165) is 10.2 Å². The van der Waals surface area contributed by atoms with Crippen molar-refractivity contribution in [2.45, 2.75) is 25.2 Å². The lowest BCUT2D eigenvalue weighted by atomic mass is 10.0. The van der Waals surface area contributed by atoms with Gasteiger partial charge < -0.3 is 0 Å². The molecule has 1 unspecified atom stereocenters. The van der Waals surface area contributed by atoms with Crippen LogP contribution in [-0.2, 0) is 20.0 Å². The third-order valence-corrected chi connectivity index (χ3v) is 4.40. The van der Waals surface area contributed by atoms with Gasteiger partial charge in [0, 0.05) is 31.0 Å². The molecule has 1 aromatic carbocycles. The van der Waals surface area contributed by atoms with Crippen LogP contribution in [0.4, 0.5) is 13.2 Å². The van der Waals surface area contributed by atoms with E-state index in [1.54, 1.807) is 23.9 Å². The summed E-state index contributed by atoms with van der Waals surface area (Å²) in [6.07, 6.45) is -3.82. The molecule has 0 amide bonds. The predicted molar refractivity (Wildman–Crippen MR) is 78.1 cm³/mol. The second kappa shape index (κ2) is 5.66. The maximum Gasteiger partial charge on any atom is 0.408 e. The molecule has 1 aliphatic heterocycles. The van der Waals surface area contributed by atoms with Crippen molar-refractivity contribution in [2.75, 3.05) is 6.54 Å². The van der Waals surface area contributed by atoms with Crippen LogP contribution < -0.4 is 0 Å². The zero-order valence-corrected chi connectivity index (χ0v) is 13.4. The highest BCUT2D eigenvalue weighted by Gasteiger charge is 2.45. The molecule has 0 bridgehead atoms. The summed E-state index contributed by atoms with van der Waals surface area (Å²) >= 11 is 3.25. The van der Waals surface area contributed by atoms with Gasteiger partial charge in [0.1, 0.15) is 6.04 Å². The molecule has 1 aliphatic rings. The van der Waals surface area contributed by atoms with Gasteiger partial charge in [0.2, 0.25) is 0 Å². The number of fused-ring (bicyclic) bond motifs is 1. The molecule has 2 heterocycles. The van der Waals surface area contributed by atoms with Gasteiger partial charge in [-0.1, -0.05) is 33.3 Å². The summed E-state index contributed by atoms with van der Waals surface area (Å²) < 4.78 is 43.1. The van der Waals surface area contributed by atoms with Gasteiger partial charge in [-0.3, -0.25) is 9.58 Å². The molecule has 0 aliphatic carbocycles. The Hall–Kier alpha value is -1.41. The van der Waals surface area contributed by atoms with Crippen LogP contribution >= 0.6 is 15.9 Å². The van der Waals surface area contributed by atoms with Gasteiger partial charge in [-0.25, -0.2) is 0 Å². The number of aromatic nitrogens is 3. The molecule has 118 valence electrons. The maximum absolute atomic E-state index is 13.6. The summed E-state index contributed by atoms with van der Waals surface area (Å²) in [6, 6.07) is 4.65. The van der Waals surface area contributed by atoms with E-state index in [2.05, 4.69) is 26.2 Å². The van der Waals surface area contributed by atoms with Gasteiger partial charge in [-0.2, -0.15) is 13.2 Å². The Morgan fingerprint density at radius 2 is 1.91 bits per heavy atom. The highest BCUT2D eigenvalue weighted by atomic mass is 79.9. The van der Waals surface area contributed by atoms with E-state index in [1.807, 2.05) is 0 Å². The molecule has 22 heavy (non-hydrogen) atoms. The normalized spacial score (nSPS) is 17.3. The first-order valence-corrected chi connectivity index (χ1v) is 7.59. The van der Waals surface area contributed by atoms with Crippen LogP contribution in [0.5, 0.6) is 0 Å². The fraction of sp³-hybridized carbons (Fsp3) is 0.429. The highest BCUT2D eigenvalue weighted by molar-refractivity contribution is 9.10. The molecular weight excluding hydrogens is 361 g/mol. The standard InChI is InChI=1S/C14H14BrF3N4/c1-21-12-6-7-22(8-11(12)19-20-21)13(14(16,17)18)9-2-4-10(15)5-3-9/h2-5,13H,6-8H2,1H3. The second-order valence-electron chi connectivity index (χ2n) is 5.32. The SMILES string of the molecule is Cn1nnc2c1CCN(C(c1ccc(Br)cc1)C(F)(F)F)C2. The summed E-state index contributed by atoms with van der Waals surface area (Å²) in [5.74, 6) is 0. The average molecular weight is 375 g/mol. The Morgan fingerprint density at radius 1 is 1.23 bits per heavy atom. The topological polar surface area (TPSA) is 34.0 Å². The van der Waals surface area contributed by atoms with Crippen molar-refractivity contribution in [3.05, 3.63) is 45.7 Å². The molecule has 0 saturated carbocycles. The minimum Gasteiger partial charge on any atom is -0.282 e. The predicted octanol–water partition coefficient (Wildman–Crippen LogP) is 3.24. The average Bonchev–Trinajstić information content (AvgIpc) is 2.81. The second-order valence-corrected chi connectivity index (χ2v) is 6.24. The molecule has 0 fully saturated rings. The Labute approximate surface area is 134 Å². The molecule has 1 atom stereocenters. The largest absolute Gasteiger partial charge is 0.408 e. The van der Waals surface area contributed by atoms with E-state index in [9.17, 15) is 13.2 Å². The molecule has 0 radical (unpaired) electrons. The van der Waals surface area contributed by atoms with Gasteiger partial charge in [-0.05, 0) is 17.7 Å². The summed E-state index contributed by atoms with van der Waals surface area (Å²) in [5.41, 5.74) is 1.77. The van der Waals surface area contributed by atoms with Crippen molar-refractivity contribution in [2.24, 2.45) is 7.05 Å². The van der Waals surface area contributed by atoms with Gasteiger partial charge in [0.05, 0.1) is 11.4 Å². The lowest BCUT2D eigenvalue weighted by Crippen LogP contribution is -2.41. The maximum atomic E-state index is 13.6. The minimum absolute atomic E-state index is 0.156. The summed E-state index contributed by atoms with van der Waals surface area (Å²) in [5, 5.41) is 7.87. The number of halogens is 4. The molecule has 2 aromatic rings. The van der Waals surface area contributed by atoms with E-state index in [1.165, 1.54) is 17.0 Å². The summed E-state index contributed by atoms with van der Waals surface area (Å²) in [6.45, 7) is 0.484. The molecule has 0 N–H and O–H groups in total. The van der Waals surface area contributed by atoms with Crippen molar-refractivity contribution >= 4 is 15.9 Å². The van der Waals surface area contributed by atoms with Crippen molar-refractivity contribution in [3.63, 3.8) is 0 Å². The molecule has 1 aromatic heterocycles. The number of aryl methyl sites for hydroxylation is 1. The van der Waals surface area contributed by atoms with Gasteiger partial charge in [-0.15, -0.1) is 5.10 Å². The quantitative estimate of drug-likeness (QED) is 0.808. The van der Waals surface area contributed by atoms with Gasteiger partial charge >= 0.3 is 6.18 Å². The Balaban J connectivity index is 1.93. The summed E-state index contributed by atoms with van der Waals surface area (Å²) in [7, 11) is 1.76. The van der Waals surface area contributed by atoms with Crippen LogP contribution in [0.3, 0.4) is 0 Å². The van der Waals surface area contributed by atoms with Gasteiger partial charge in [0.15, 0.2) is 0 Å². The minimum atomic E-state index is -4.34. The molecular formula is C14H14BrF3N4. The van der Waals surface area contributed by atoms with Crippen LogP contribution in [0.25, 0.3) is 0 Å². The number of alkyl halides is 3. The number of hydrogen-bond acceptors (Lipinski definition) is 3. The van der Waals surface area contributed by atoms with E-state index < -0.39 is 12.2 Å². The molecule has 8 heteroatoms. The van der Waals surface area contributed by atoms with E-state index in [4.69, 9.17) is 0 Å². The number of rotatable bonds is 2. The zero-order chi connectivity index (χ0) is 15.9. The Bertz CT molecular complexity index is 666. The molecule has 0 spiro atoms. The first-order chi connectivity index (χ1) is 10.4. The lowest BCUT2D eigenvalue weighted by molar-refractivity contribution is -0.189. The smallest absolute Gasteiger partial charge is 0.282 e. The number of hydrogen-bond donors (Lipinski definition) is 0. The molecule has 4 nitrogen and oxygen atoms in total. The van der Waals surface area contributed by atoms with Crippen LogP contribution in [-0.4, -0.2) is 32.6 Å². The highest BCUT2D eigenvalue weighted by Crippen LogP contribution is 2.40. The van der Waals surface area contributed by atoms with Crippen LogP contribution in [0.2, 0.25) is 0 Å². The van der Waals surface area contributed by atoms with E-state index >= 15 is 0 Å². The van der Waals surface area contributed by atoms with Crippen LogP contribution in [0.15, 0.2) is 28.7 Å². The van der Waals surface area contributed by atoms with Crippen molar-refractivity contribution in [3.8, 4) is 0 Å². The first-order valence-electron chi connectivity index (χ1n) is 6.80. The fourth-order valence-electron chi connectivity index (χ4n) is 2.84. The summed E-state index contributed by atoms with van der Waals surface area (Å²) in [4.78, 5) is 1.42.